The molecule has 25 heavy (non-hydrogen) atoms. The molecule has 0 aliphatic carbocycles. The number of benzene rings is 1. The van der Waals surface area contributed by atoms with Crippen LogP contribution in [0.15, 0.2) is 30.3 Å². The zero-order valence-electron chi connectivity index (χ0n) is 13.9. The largest absolute Gasteiger partial charge is 0.494 e. The van der Waals surface area contributed by atoms with Crippen LogP contribution in [-0.2, 0) is 6.18 Å². The van der Waals surface area contributed by atoms with Crippen LogP contribution in [-0.4, -0.2) is 21.8 Å². The van der Waals surface area contributed by atoms with Crippen LogP contribution in [0.3, 0.4) is 0 Å². The fraction of sp³-hybridized carbons (Fsp3) is 0.333. The fourth-order valence-corrected chi connectivity index (χ4v) is 2.63. The summed E-state index contributed by atoms with van der Waals surface area (Å²) in [4.78, 5) is 3.69. The number of nitrogens with zero attached hydrogens (tertiary/aromatic N) is 2. The van der Waals surface area contributed by atoms with Crippen molar-refractivity contribution in [1.29, 1.82) is 0 Å². The Morgan fingerprint density at radius 1 is 1.16 bits per heavy atom. The number of aromatic nitrogens is 3. The molecule has 7 heteroatoms. The minimum atomic E-state index is -4.55. The van der Waals surface area contributed by atoms with Crippen molar-refractivity contribution in [2.24, 2.45) is 0 Å². The van der Waals surface area contributed by atoms with E-state index in [-0.39, 0.29) is 16.8 Å². The third kappa shape index (κ3) is 3.60. The summed E-state index contributed by atoms with van der Waals surface area (Å²) in [5, 5.41) is 6.74. The van der Waals surface area contributed by atoms with Crippen LogP contribution in [0, 0.1) is 6.92 Å². The van der Waals surface area contributed by atoms with E-state index in [4.69, 9.17) is 4.74 Å². The highest BCUT2D eigenvalue weighted by molar-refractivity contribution is 5.95. The fourth-order valence-electron chi connectivity index (χ4n) is 2.63. The molecule has 1 aromatic carbocycles. The van der Waals surface area contributed by atoms with Gasteiger partial charge in [0.15, 0.2) is 5.69 Å². The highest BCUT2D eigenvalue weighted by Gasteiger charge is 2.36. The van der Waals surface area contributed by atoms with Gasteiger partial charge >= 0.3 is 6.18 Å². The average molecular weight is 349 g/mol. The van der Waals surface area contributed by atoms with Gasteiger partial charge in [-0.15, -0.1) is 0 Å². The summed E-state index contributed by atoms with van der Waals surface area (Å²) in [5.41, 5.74) is 0.488. The molecule has 0 aliphatic heterocycles. The molecule has 0 spiro atoms. The van der Waals surface area contributed by atoms with Crippen molar-refractivity contribution in [2.75, 3.05) is 6.61 Å². The normalized spacial score (nSPS) is 11.9. The summed E-state index contributed by atoms with van der Waals surface area (Å²) in [6, 6.07) is 8.44. The molecule has 0 fully saturated rings. The van der Waals surface area contributed by atoms with E-state index in [2.05, 4.69) is 22.1 Å². The van der Waals surface area contributed by atoms with Crippen molar-refractivity contribution in [3.63, 3.8) is 0 Å². The number of aryl methyl sites for hydroxylation is 1. The first kappa shape index (κ1) is 17.3. The van der Waals surface area contributed by atoms with Gasteiger partial charge in [-0.05, 0) is 43.7 Å². The first-order valence-corrected chi connectivity index (χ1v) is 8.06. The maximum Gasteiger partial charge on any atom is 0.434 e. The molecule has 1 N–H and O–H groups in total. The Bertz CT molecular complexity index is 870. The van der Waals surface area contributed by atoms with Gasteiger partial charge in [-0.25, -0.2) is 4.98 Å². The first-order chi connectivity index (χ1) is 11.9. The van der Waals surface area contributed by atoms with Crippen LogP contribution in [0.4, 0.5) is 13.2 Å². The van der Waals surface area contributed by atoms with Crippen molar-refractivity contribution >= 4 is 10.9 Å². The topological polar surface area (TPSA) is 50.8 Å². The number of H-pyrrole nitrogens is 1. The Morgan fingerprint density at radius 3 is 2.52 bits per heavy atom. The van der Waals surface area contributed by atoms with Crippen LogP contribution >= 0.6 is 0 Å². The molecule has 0 aliphatic rings. The molecule has 0 amide bonds. The number of rotatable bonds is 5. The third-order valence-electron chi connectivity index (χ3n) is 3.84. The predicted molar refractivity (Wildman–Crippen MR) is 89.5 cm³/mol. The molecule has 0 unspecified atom stereocenters. The number of hydrogen-bond donors (Lipinski definition) is 1. The highest BCUT2D eigenvalue weighted by atomic mass is 19.4. The Labute approximate surface area is 143 Å². The van der Waals surface area contributed by atoms with Gasteiger partial charge < -0.3 is 4.74 Å². The van der Waals surface area contributed by atoms with Crippen LogP contribution in [0.2, 0.25) is 0 Å². The van der Waals surface area contributed by atoms with Crippen molar-refractivity contribution in [2.45, 2.75) is 32.9 Å². The van der Waals surface area contributed by atoms with Gasteiger partial charge in [-0.3, -0.25) is 5.10 Å². The quantitative estimate of drug-likeness (QED) is 0.650. The van der Waals surface area contributed by atoms with E-state index < -0.39 is 11.9 Å². The van der Waals surface area contributed by atoms with Crippen LogP contribution in [0.25, 0.3) is 22.2 Å². The van der Waals surface area contributed by atoms with Gasteiger partial charge in [0.2, 0.25) is 0 Å². The maximum absolute atomic E-state index is 13.4. The molecule has 0 saturated heterocycles. The maximum atomic E-state index is 13.4. The van der Waals surface area contributed by atoms with Gasteiger partial charge in [0.05, 0.1) is 17.5 Å². The summed E-state index contributed by atoms with van der Waals surface area (Å²) >= 11 is 0. The number of aromatic amines is 1. The lowest BCUT2D eigenvalue weighted by Gasteiger charge is -2.10. The summed E-state index contributed by atoms with van der Waals surface area (Å²) in [7, 11) is 0. The lowest BCUT2D eigenvalue weighted by Crippen LogP contribution is -2.09. The number of nitrogens with one attached hydrogen (secondary N) is 1. The smallest absolute Gasteiger partial charge is 0.434 e. The van der Waals surface area contributed by atoms with Gasteiger partial charge in [0.25, 0.3) is 0 Å². The van der Waals surface area contributed by atoms with Crippen LogP contribution < -0.4 is 4.74 Å². The number of unbranched alkanes of at least 4 members (excludes halogenated alkanes) is 1. The Balaban J connectivity index is 2.02. The summed E-state index contributed by atoms with van der Waals surface area (Å²) in [5.74, 6) is 0.682. The van der Waals surface area contributed by atoms with E-state index in [1.54, 1.807) is 30.3 Å². The highest BCUT2D eigenvalue weighted by Crippen LogP contribution is 2.38. The molecule has 3 rings (SSSR count). The zero-order valence-corrected chi connectivity index (χ0v) is 13.9. The number of alkyl halides is 3. The second-order valence-corrected chi connectivity index (χ2v) is 5.83. The zero-order chi connectivity index (χ0) is 18.0. The molecular formula is C18H18F3N3O. The van der Waals surface area contributed by atoms with Crippen molar-refractivity contribution in [3.8, 4) is 17.0 Å². The Kier molecular flexibility index (Phi) is 4.65. The van der Waals surface area contributed by atoms with Crippen LogP contribution in [0.5, 0.6) is 5.75 Å². The molecular weight excluding hydrogens is 331 g/mol. The van der Waals surface area contributed by atoms with Crippen LogP contribution in [0.1, 0.15) is 31.2 Å². The molecule has 3 aromatic rings. The van der Waals surface area contributed by atoms with E-state index in [1.807, 2.05) is 0 Å². The second kappa shape index (κ2) is 6.74. The molecule has 0 bridgehead atoms. The molecule has 2 aromatic heterocycles. The number of hydrogen-bond acceptors (Lipinski definition) is 3. The summed E-state index contributed by atoms with van der Waals surface area (Å²) in [6.07, 6.45) is -2.57. The van der Waals surface area contributed by atoms with Gasteiger partial charge in [-0.1, -0.05) is 13.3 Å². The SMILES string of the molecule is CCCCOc1ccc(-c2n[nH]c3cc(C)nc(C(F)(F)F)c23)cc1. The van der Waals surface area contributed by atoms with Gasteiger partial charge in [-0.2, -0.15) is 18.3 Å². The van der Waals surface area contributed by atoms with Crippen molar-refractivity contribution < 1.29 is 17.9 Å². The lowest BCUT2D eigenvalue weighted by atomic mass is 10.1. The van der Waals surface area contributed by atoms with Gasteiger partial charge in [0.1, 0.15) is 11.4 Å². The molecule has 2 heterocycles. The third-order valence-corrected chi connectivity index (χ3v) is 3.84. The molecule has 4 nitrogen and oxygen atoms in total. The standard InChI is InChI=1S/C18H18F3N3O/c1-3-4-9-25-13-7-5-12(6-8-13)16-15-14(23-24-16)10-11(2)22-17(15)18(19,20)21/h5-8,10H,3-4,9H2,1-2H3,(H,23,24). The number of ether oxygens (including phenoxy) is 1. The summed E-state index contributed by atoms with van der Waals surface area (Å²) in [6.45, 7) is 4.21. The predicted octanol–water partition coefficient (Wildman–Crippen LogP) is 5.13. The first-order valence-electron chi connectivity index (χ1n) is 8.06. The minimum Gasteiger partial charge on any atom is -0.494 e. The molecule has 132 valence electrons. The van der Waals surface area contributed by atoms with Crippen molar-refractivity contribution in [1.82, 2.24) is 15.2 Å². The summed E-state index contributed by atoms with van der Waals surface area (Å²) < 4.78 is 45.7. The Morgan fingerprint density at radius 2 is 1.88 bits per heavy atom. The number of pyridine rings is 1. The average Bonchev–Trinajstić information content (AvgIpc) is 2.97. The molecule has 0 saturated carbocycles. The molecule has 0 radical (unpaired) electrons. The van der Waals surface area contributed by atoms with E-state index in [1.165, 1.54) is 6.92 Å². The lowest BCUT2D eigenvalue weighted by molar-refractivity contribution is -0.139. The monoisotopic (exact) mass is 349 g/mol. The van der Waals surface area contributed by atoms with E-state index in [0.29, 0.717) is 23.4 Å². The van der Waals surface area contributed by atoms with E-state index >= 15 is 0 Å². The second-order valence-electron chi connectivity index (χ2n) is 5.83. The molecule has 0 atom stereocenters. The number of fused-ring (bicyclic) bond motifs is 1. The Hall–Kier alpha value is -2.57. The van der Waals surface area contributed by atoms with E-state index in [0.717, 1.165) is 12.8 Å². The van der Waals surface area contributed by atoms with E-state index in [9.17, 15) is 13.2 Å². The number of halogens is 3. The minimum absolute atomic E-state index is 0.0160. The van der Waals surface area contributed by atoms with Gasteiger partial charge in [0, 0.05) is 11.3 Å². The van der Waals surface area contributed by atoms with Crippen molar-refractivity contribution in [3.05, 3.63) is 41.7 Å².